The highest BCUT2D eigenvalue weighted by Gasteiger charge is 2.27. The van der Waals surface area contributed by atoms with Crippen molar-refractivity contribution in [3.05, 3.63) is 0 Å². The van der Waals surface area contributed by atoms with E-state index in [-0.39, 0.29) is 11.1 Å². The first-order chi connectivity index (χ1) is 7.57. The Balaban J connectivity index is 4.88. The van der Waals surface area contributed by atoms with Crippen LogP contribution in [0.5, 0.6) is 0 Å². The number of hydrogen-bond donors (Lipinski definition) is 0. The lowest BCUT2D eigenvalue weighted by molar-refractivity contribution is 0.306. The zero-order valence-corrected chi connectivity index (χ0v) is 12.1. The summed E-state index contributed by atoms with van der Waals surface area (Å²) in [6.07, 6.45) is 6.56. The second-order valence-corrected chi connectivity index (χ2v) is 4.77. The van der Waals surface area contributed by atoms with Gasteiger partial charge in [-0.25, -0.2) is 0 Å². The fourth-order valence-electron chi connectivity index (χ4n) is 2.14. The fourth-order valence-corrected chi connectivity index (χ4v) is 2.14. The number of azo groups is 1. The molecule has 16 heavy (non-hydrogen) atoms. The van der Waals surface area contributed by atoms with E-state index < -0.39 is 0 Å². The maximum absolute atomic E-state index is 4.72. The summed E-state index contributed by atoms with van der Waals surface area (Å²) in [5.74, 6) is 0. The molecule has 0 saturated carbocycles. The van der Waals surface area contributed by atoms with Crippen molar-refractivity contribution in [2.45, 2.75) is 91.1 Å². The Morgan fingerprint density at radius 2 is 0.688 bits per heavy atom. The van der Waals surface area contributed by atoms with Crippen molar-refractivity contribution < 1.29 is 0 Å². The van der Waals surface area contributed by atoms with Gasteiger partial charge >= 0.3 is 0 Å². The normalized spacial score (nSPS) is 13.6. The molecular formula is C14H30N2. The summed E-state index contributed by atoms with van der Waals surface area (Å²) < 4.78 is 0. The first-order valence-electron chi connectivity index (χ1n) is 7.01. The van der Waals surface area contributed by atoms with Crippen LogP contribution in [-0.2, 0) is 0 Å². The minimum atomic E-state index is 0.0881. The lowest BCUT2D eigenvalue weighted by atomic mass is 9.89. The van der Waals surface area contributed by atoms with Crippen LogP contribution >= 0.6 is 0 Å². The predicted octanol–water partition coefficient (Wildman–Crippen LogP) is 5.38. The first kappa shape index (κ1) is 15.6. The number of nitrogens with zero attached hydrogens (tertiary/aromatic N) is 2. The topological polar surface area (TPSA) is 24.7 Å². The van der Waals surface area contributed by atoms with Crippen molar-refractivity contribution >= 4 is 0 Å². The van der Waals surface area contributed by atoms with Gasteiger partial charge in [0.1, 0.15) is 0 Å². The highest BCUT2D eigenvalue weighted by molar-refractivity contribution is 4.87. The van der Waals surface area contributed by atoms with Crippen LogP contribution in [0.3, 0.4) is 0 Å². The van der Waals surface area contributed by atoms with E-state index in [0.29, 0.717) is 0 Å². The zero-order valence-electron chi connectivity index (χ0n) is 12.1. The molecule has 0 aliphatic heterocycles. The zero-order chi connectivity index (χ0) is 12.7. The van der Waals surface area contributed by atoms with Gasteiger partial charge in [0, 0.05) is 0 Å². The van der Waals surface area contributed by atoms with Crippen LogP contribution < -0.4 is 0 Å². The summed E-state index contributed by atoms with van der Waals surface area (Å²) >= 11 is 0. The minimum absolute atomic E-state index is 0.0881. The van der Waals surface area contributed by atoms with Crippen molar-refractivity contribution in [1.29, 1.82) is 0 Å². The molecule has 0 aliphatic rings. The average Bonchev–Trinajstić information content (AvgIpc) is 2.37. The van der Waals surface area contributed by atoms with E-state index in [9.17, 15) is 0 Å². The molecule has 0 aliphatic carbocycles. The molecule has 0 amide bonds. The molecule has 0 atom stereocenters. The molecule has 0 spiro atoms. The maximum atomic E-state index is 4.72. The molecule has 96 valence electrons. The highest BCUT2D eigenvalue weighted by Crippen LogP contribution is 2.30. The van der Waals surface area contributed by atoms with E-state index >= 15 is 0 Å². The molecule has 0 heterocycles. The van der Waals surface area contributed by atoms with Gasteiger partial charge in [0.05, 0.1) is 11.1 Å². The Morgan fingerprint density at radius 3 is 0.812 bits per heavy atom. The quantitative estimate of drug-likeness (QED) is 0.497. The summed E-state index contributed by atoms with van der Waals surface area (Å²) in [6.45, 7) is 13.3. The van der Waals surface area contributed by atoms with Gasteiger partial charge in [-0.1, -0.05) is 41.5 Å². The van der Waals surface area contributed by atoms with E-state index in [1.165, 1.54) is 0 Å². The molecule has 0 radical (unpaired) electrons. The first-order valence-corrected chi connectivity index (χ1v) is 7.01. The summed E-state index contributed by atoms with van der Waals surface area (Å²) in [5, 5.41) is 9.44. The molecule has 0 unspecified atom stereocenters. The lowest BCUT2D eigenvalue weighted by Gasteiger charge is -2.29. The fraction of sp³-hybridized carbons (Fsp3) is 1.00. The predicted molar refractivity (Wildman–Crippen MR) is 72.1 cm³/mol. The van der Waals surface area contributed by atoms with Gasteiger partial charge in [0.2, 0.25) is 0 Å². The molecule has 0 bridgehead atoms. The van der Waals surface area contributed by atoms with Crippen molar-refractivity contribution in [3.63, 3.8) is 0 Å². The van der Waals surface area contributed by atoms with Crippen LogP contribution in [0.25, 0.3) is 0 Å². The third kappa shape index (κ3) is 3.57. The van der Waals surface area contributed by atoms with E-state index in [2.05, 4.69) is 41.5 Å². The summed E-state index contributed by atoms with van der Waals surface area (Å²) in [5.41, 5.74) is 0.176. The van der Waals surface area contributed by atoms with E-state index in [0.717, 1.165) is 38.5 Å². The van der Waals surface area contributed by atoms with Crippen molar-refractivity contribution in [2.24, 2.45) is 10.2 Å². The lowest BCUT2D eigenvalue weighted by Crippen LogP contribution is -2.27. The Labute approximate surface area is 102 Å². The third-order valence-electron chi connectivity index (χ3n) is 4.42. The number of hydrogen-bond acceptors (Lipinski definition) is 2. The number of rotatable bonds is 8. The Bertz CT molecular complexity index is 162. The van der Waals surface area contributed by atoms with Gasteiger partial charge in [0.15, 0.2) is 0 Å². The Kier molecular flexibility index (Phi) is 6.85. The molecule has 0 aromatic rings. The van der Waals surface area contributed by atoms with E-state index in [4.69, 9.17) is 10.2 Å². The van der Waals surface area contributed by atoms with Crippen LogP contribution in [0.1, 0.15) is 80.1 Å². The Hall–Kier alpha value is -0.400. The molecule has 2 nitrogen and oxygen atoms in total. The van der Waals surface area contributed by atoms with Crippen molar-refractivity contribution in [3.8, 4) is 0 Å². The van der Waals surface area contributed by atoms with Crippen LogP contribution in [0.2, 0.25) is 0 Å². The van der Waals surface area contributed by atoms with Crippen molar-refractivity contribution in [1.82, 2.24) is 0 Å². The molecule has 0 fully saturated rings. The molecule has 0 aromatic heterocycles. The molecular weight excluding hydrogens is 196 g/mol. The van der Waals surface area contributed by atoms with Crippen LogP contribution in [0.4, 0.5) is 0 Å². The third-order valence-corrected chi connectivity index (χ3v) is 4.42. The minimum Gasteiger partial charge on any atom is -0.187 e. The van der Waals surface area contributed by atoms with Gasteiger partial charge in [-0.05, 0) is 38.5 Å². The smallest absolute Gasteiger partial charge is 0.0808 e. The van der Waals surface area contributed by atoms with E-state index in [1.807, 2.05) is 0 Å². The average molecular weight is 226 g/mol. The van der Waals surface area contributed by atoms with Crippen LogP contribution in [0.15, 0.2) is 10.2 Å². The van der Waals surface area contributed by atoms with Gasteiger partial charge < -0.3 is 0 Å². The van der Waals surface area contributed by atoms with Crippen LogP contribution in [-0.4, -0.2) is 11.1 Å². The van der Waals surface area contributed by atoms with Gasteiger partial charge in [-0.3, -0.25) is 0 Å². The molecule has 0 aromatic carbocycles. The largest absolute Gasteiger partial charge is 0.187 e. The summed E-state index contributed by atoms with van der Waals surface area (Å²) in [6, 6.07) is 0. The highest BCUT2D eigenvalue weighted by atomic mass is 15.2. The molecule has 2 heteroatoms. The van der Waals surface area contributed by atoms with Crippen LogP contribution in [0, 0.1) is 0 Å². The summed E-state index contributed by atoms with van der Waals surface area (Å²) in [4.78, 5) is 0. The molecule has 0 N–H and O–H groups in total. The monoisotopic (exact) mass is 226 g/mol. The molecule has 0 rings (SSSR count). The molecule has 0 saturated heterocycles. The second-order valence-electron chi connectivity index (χ2n) is 4.77. The SMILES string of the molecule is CCC(CC)(CC)N=NC(CC)(CC)CC. The van der Waals surface area contributed by atoms with Gasteiger partial charge in [0.25, 0.3) is 0 Å². The maximum Gasteiger partial charge on any atom is 0.0808 e. The van der Waals surface area contributed by atoms with E-state index in [1.54, 1.807) is 0 Å². The second kappa shape index (κ2) is 7.03. The van der Waals surface area contributed by atoms with Crippen molar-refractivity contribution in [2.75, 3.05) is 0 Å². The standard InChI is InChI=1S/C14H30N2/c1-7-13(8-2,9-3)15-16-14(10-4,11-5)12-6/h7-12H2,1-6H3. The van der Waals surface area contributed by atoms with Gasteiger partial charge in [-0.2, -0.15) is 10.2 Å². The Morgan fingerprint density at radius 1 is 0.500 bits per heavy atom. The summed E-state index contributed by atoms with van der Waals surface area (Å²) in [7, 11) is 0. The van der Waals surface area contributed by atoms with Gasteiger partial charge in [-0.15, -0.1) is 0 Å².